The van der Waals surface area contributed by atoms with E-state index in [4.69, 9.17) is 21.1 Å². The highest BCUT2D eigenvalue weighted by atomic mass is 35.5. The van der Waals surface area contributed by atoms with Gasteiger partial charge in [0.25, 0.3) is 10.0 Å². The summed E-state index contributed by atoms with van der Waals surface area (Å²) in [5, 5.41) is 3.34. The van der Waals surface area contributed by atoms with Gasteiger partial charge in [-0.15, -0.1) is 0 Å². The molecule has 0 unspecified atom stereocenters. The lowest BCUT2D eigenvalue weighted by atomic mass is 10.2. The average molecular weight is 475 g/mol. The SMILES string of the molecule is COc1ccc(S(=O)(=O)N(CC(=O)NCc2ccc(Cl)cc2)c2ccccc2OC)cc1. The van der Waals surface area contributed by atoms with E-state index in [0.29, 0.717) is 16.5 Å². The standard InChI is InChI=1S/C23H23ClN2O5S/c1-30-19-11-13-20(14-12-19)32(28,29)26(21-5-3-4-6-22(21)31-2)16-23(27)25-15-17-7-9-18(24)10-8-17/h3-14H,15-16H2,1-2H3,(H,25,27). The highest BCUT2D eigenvalue weighted by molar-refractivity contribution is 7.92. The first kappa shape index (κ1) is 23.4. The molecule has 1 amide bonds. The summed E-state index contributed by atoms with van der Waals surface area (Å²) in [5.41, 5.74) is 1.09. The smallest absolute Gasteiger partial charge is 0.264 e. The van der Waals surface area contributed by atoms with Gasteiger partial charge in [0.1, 0.15) is 18.0 Å². The number of ether oxygens (including phenoxy) is 2. The molecule has 0 aromatic heterocycles. The molecule has 3 rings (SSSR count). The predicted molar refractivity (Wildman–Crippen MR) is 124 cm³/mol. The molecule has 0 saturated heterocycles. The van der Waals surface area contributed by atoms with E-state index in [1.54, 1.807) is 60.7 Å². The molecule has 3 aromatic rings. The van der Waals surface area contributed by atoms with E-state index in [0.717, 1.165) is 9.87 Å². The first-order valence-electron chi connectivity index (χ1n) is 9.66. The molecule has 0 bridgehead atoms. The van der Waals surface area contributed by atoms with Gasteiger partial charge in [0.05, 0.1) is 24.8 Å². The second-order valence-corrected chi connectivity index (χ2v) is 9.06. The summed E-state index contributed by atoms with van der Waals surface area (Å²) in [6.45, 7) is -0.194. The molecule has 0 atom stereocenters. The number of hydrogen-bond acceptors (Lipinski definition) is 5. The van der Waals surface area contributed by atoms with E-state index in [9.17, 15) is 13.2 Å². The lowest BCUT2D eigenvalue weighted by Crippen LogP contribution is -2.40. The van der Waals surface area contributed by atoms with Crippen LogP contribution in [0.25, 0.3) is 0 Å². The Hall–Kier alpha value is -3.23. The molecule has 168 valence electrons. The summed E-state index contributed by atoms with van der Waals surface area (Å²) >= 11 is 5.89. The zero-order chi connectivity index (χ0) is 23.1. The van der Waals surface area contributed by atoms with E-state index >= 15 is 0 Å². The predicted octanol–water partition coefficient (Wildman–Crippen LogP) is 3.87. The van der Waals surface area contributed by atoms with Crippen LogP contribution in [0.4, 0.5) is 5.69 Å². The average Bonchev–Trinajstić information content (AvgIpc) is 2.82. The first-order chi connectivity index (χ1) is 15.3. The fraction of sp³-hybridized carbons (Fsp3) is 0.174. The van der Waals surface area contributed by atoms with E-state index < -0.39 is 22.5 Å². The molecule has 0 radical (unpaired) electrons. The largest absolute Gasteiger partial charge is 0.497 e. The third-order valence-electron chi connectivity index (χ3n) is 4.69. The maximum absolute atomic E-state index is 13.5. The van der Waals surface area contributed by atoms with Crippen molar-refractivity contribution < 1.29 is 22.7 Å². The van der Waals surface area contributed by atoms with Crippen molar-refractivity contribution in [2.45, 2.75) is 11.4 Å². The maximum atomic E-state index is 13.5. The van der Waals surface area contributed by atoms with Crippen molar-refractivity contribution in [1.29, 1.82) is 0 Å². The Morgan fingerprint density at radius 1 is 0.938 bits per heavy atom. The molecular formula is C23H23ClN2O5S. The summed E-state index contributed by atoms with van der Waals surface area (Å²) in [5.74, 6) is 0.381. The van der Waals surface area contributed by atoms with Gasteiger partial charge in [0.2, 0.25) is 5.91 Å². The monoisotopic (exact) mass is 474 g/mol. The number of halogens is 1. The van der Waals surface area contributed by atoms with E-state index in [2.05, 4.69) is 5.32 Å². The molecule has 3 aromatic carbocycles. The van der Waals surface area contributed by atoms with Gasteiger partial charge in [-0.2, -0.15) is 0 Å². The van der Waals surface area contributed by atoms with Crippen molar-refractivity contribution >= 4 is 33.2 Å². The van der Waals surface area contributed by atoms with Gasteiger partial charge in [-0.25, -0.2) is 8.42 Å². The Labute approximate surface area is 192 Å². The zero-order valence-electron chi connectivity index (χ0n) is 17.6. The highest BCUT2D eigenvalue weighted by Gasteiger charge is 2.29. The van der Waals surface area contributed by atoms with E-state index in [1.807, 2.05) is 0 Å². The Bertz CT molecular complexity index is 1170. The number of amides is 1. The van der Waals surface area contributed by atoms with Crippen LogP contribution in [0.3, 0.4) is 0 Å². The fourth-order valence-electron chi connectivity index (χ4n) is 3.00. The molecule has 0 aliphatic carbocycles. The van der Waals surface area contributed by atoms with Crippen molar-refractivity contribution in [2.75, 3.05) is 25.1 Å². The van der Waals surface area contributed by atoms with Crippen LogP contribution >= 0.6 is 11.6 Å². The van der Waals surface area contributed by atoms with E-state index in [1.165, 1.54) is 26.4 Å². The number of anilines is 1. The third kappa shape index (κ3) is 5.52. The van der Waals surface area contributed by atoms with Crippen LogP contribution in [0.15, 0.2) is 77.7 Å². The molecule has 7 nitrogen and oxygen atoms in total. The van der Waals surface area contributed by atoms with Gasteiger partial charge in [-0.3, -0.25) is 9.10 Å². The Kier molecular flexibility index (Phi) is 7.61. The number of benzene rings is 3. The normalized spacial score (nSPS) is 11.0. The third-order valence-corrected chi connectivity index (χ3v) is 6.72. The maximum Gasteiger partial charge on any atom is 0.264 e. The molecule has 0 aliphatic heterocycles. The topological polar surface area (TPSA) is 84.9 Å². The molecule has 1 N–H and O–H groups in total. The van der Waals surface area contributed by atoms with Crippen LogP contribution < -0.4 is 19.1 Å². The molecule has 32 heavy (non-hydrogen) atoms. The summed E-state index contributed by atoms with van der Waals surface area (Å²) in [4.78, 5) is 12.8. The summed E-state index contributed by atoms with van der Waals surface area (Å²) in [6.07, 6.45) is 0. The van der Waals surface area contributed by atoms with Crippen LogP contribution in [-0.4, -0.2) is 35.1 Å². The summed E-state index contributed by atoms with van der Waals surface area (Å²) in [7, 11) is -1.14. The number of hydrogen-bond donors (Lipinski definition) is 1. The Morgan fingerprint density at radius 3 is 2.22 bits per heavy atom. The molecule has 0 fully saturated rings. The molecule has 0 heterocycles. The van der Waals surface area contributed by atoms with E-state index in [-0.39, 0.29) is 17.1 Å². The van der Waals surface area contributed by atoms with Crippen LogP contribution in [-0.2, 0) is 21.4 Å². The number of methoxy groups -OCH3 is 2. The Morgan fingerprint density at radius 2 is 1.59 bits per heavy atom. The van der Waals surface area contributed by atoms with Crippen LogP contribution in [0.5, 0.6) is 11.5 Å². The molecule has 0 spiro atoms. The zero-order valence-corrected chi connectivity index (χ0v) is 19.2. The van der Waals surface area contributed by atoms with Gasteiger partial charge < -0.3 is 14.8 Å². The van der Waals surface area contributed by atoms with Crippen molar-refractivity contribution in [1.82, 2.24) is 5.32 Å². The van der Waals surface area contributed by atoms with Crippen LogP contribution in [0, 0.1) is 0 Å². The van der Waals surface area contributed by atoms with Gasteiger partial charge >= 0.3 is 0 Å². The molecule has 0 saturated carbocycles. The number of carbonyl (C=O) groups excluding carboxylic acids is 1. The second-order valence-electron chi connectivity index (χ2n) is 6.76. The minimum Gasteiger partial charge on any atom is -0.497 e. The van der Waals surface area contributed by atoms with Gasteiger partial charge in [0.15, 0.2) is 0 Å². The molecule has 0 aliphatic rings. The number of carbonyl (C=O) groups is 1. The van der Waals surface area contributed by atoms with Gasteiger partial charge in [-0.1, -0.05) is 35.9 Å². The quantitative estimate of drug-likeness (QED) is 0.509. The number of nitrogens with zero attached hydrogens (tertiary/aromatic N) is 1. The number of rotatable bonds is 9. The van der Waals surface area contributed by atoms with Crippen molar-refractivity contribution in [3.63, 3.8) is 0 Å². The van der Waals surface area contributed by atoms with Crippen molar-refractivity contribution in [2.24, 2.45) is 0 Å². The number of para-hydroxylation sites is 2. The molecule has 9 heteroatoms. The highest BCUT2D eigenvalue weighted by Crippen LogP contribution is 2.32. The Balaban J connectivity index is 1.89. The minimum atomic E-state index is -4.08. The summed E-state index contributed by atoms with van der Waals surface area (Å²) in [6, 6.07) is 19.6. The second kappa shape index (κ2) is 10.4. The molecular weight excluding hydrogens is 452 g/mol. The minimum absolute atomic E-state index is 0.0229. The van der Waals surface area contributed by atoms with Gasteiger partial charge in [0, 0.05) is 11.6 Å². The van der Waals surface area contributed by atoms with Crippen molar-refractivity contribution in [3.05, 3.63) is 83.4 Å². The van der Waals surface area contributed by atoms with Crippen LogP contribution in [0.2, 0.25) is 5.02 Å². The van der Waals surface area contributed by atoms with Crippen LogP contribution in [0.1, 0.15) is 5.56 Å². The van der Waals surface area contributed by atoms with Gasteiger partial charge in [-0.05, 0) is 54.1 Å². The first-order valence-corrected chi connectivity index (χ1v) is 11.5. The fourth-order valence-corrected chi connectivity index (χ4v) is 4.56. The lowest BCUT2D eigenvalue weighted by Gasteiger charge is -2.25. The summed E-state index contributed by atoms with van der Waals surface area (Å²) < 4.78 is 38.5. The van der Waals surface area contributed by atoms with Crippen molar-refractivity contribution in [3.8, 4) is 11.5 Å². The number of nitrogens with one attached hydrogen (secondary N) is 1. The lowest BCUT2D eigenvalue weighted by molar-refractivity contribution is -0.119. The number of sulfonamides is 1.